The molecule has 2 amide bonds. The second-order valence-electron chi connectivity index (χ2n) is 7.68. The third-order valence-electron chi connectivity index (χ3n) is 5.94. The summed E-state index contributed by atoms with van der Waals surface area (Å²) in [5.41, 5.74) is 1.19. The molecule has 0 saturated carbocycles. The van der Waals surface area contributed by atoms with Crippen LogP contribution in [0.4, 0.5) is 16.2 Å². The van der Waals surface area contributed by atoms with Crippen molar-refractivity contribution in [2.45, 2.75) is 4.90 Å². The summed E-state index contributed by atoms with van der Waals surface area (Å²) in [6.45, 7) is 3.58. The van der Waals surface area contributed by atoms with Crippen molar-refractivity contribution in [1.82, 2.24) is 9.21 Å². The summed E-state index contributed by atoms with van der Waals surface area (Å²) in [5.74, 6) is 1.50. The summed E-state index contributed by atoms with van der Waals surface area (Å²) < 4.78 is 43.2. The molecule has 0 unspecified atom stereocenters. The van der Waals surface area contributed by atoms with Crippen molar-refractivity contribution >= 4 is 27.4 Å². The number of fused-ring (bicyclic) bond motifs is 3. The lowest BCUT2D eigenvalue weighted by atomic mass is 10.2. The van der Waals surface area contributed by atoms with Crippen LogP contribution in [0.15, 0.2) is 41.3 Å². The van der Waals surface area contributed by atoms with Crippen LogP contribution in [-0.4, -0.2) is 76.8 Å². The van der Waals surface area contributed by atoms with E-state index in [-0.39, 0.29) is 29.7 Å². The van der Waals surface area contributed by atoms with Gasteiger partial charge in [0.05, 0.1) is 19.3 Å². The lowest BCUT2D eigenvalue weighted by Gasteiger charge is -2.37. The number of nitrogens with one attached hydrogen (secondary N) is 1. The Hall–Kier alpha value is -3.18. The Morgan fingerprint density at radius 3 is 2.59 bits per heavy atom. The predicted molar refractivity (Wildman–Crippen MR) is 117 cm³/mol. The summed E-state index contributed by atoms with van der Waals surface area (Å²) in [6, 6.07) is 10.2. The average molecular weight is 461 g/mol. The molecular weight excluding hydrogens is 436 g/mol. The molecule has 0 atom stereocenters. The predicted octanol–water partition coefficient (Wildman–Crippen LogP) is 1.78. The monoisotopic (exact) mass is 460 g/mol. The van der Waals surface area contributed by atoms with Crippen LogP contribution in [0.25, 0.3) is 0 Å². The normalized spacial score (nSPS) is 19.5. The number of amides is 2. The number of piperazine rings is 1. The fourth-order valence-corrected chi connectivity index (χ4v) is 5.71. The van der Waals surface area contributed by atoms with Gasteiger partial charge in [-0.2, -0.15) is 0 Å². The lowest BCUT2D eigenvalue weighted by Crippen LogP contribution is -2.51. The van der Waals surface area contributed by atoms with E-state index in [0.717, 1.165) is 41.9 Å². The van der Waals surface area contributed by atoms with Crippen LogP contribution in [0.1, 0.15) is 0 Å². The maximum atomic E-state index is 13.1. The molecule has 0 aromatic heterocycles. The Bertz CT molecular complexity index is 1150. The van der Waals surface area contributed by atoms with E-state index >= 15 is 0 Å². The van der Waals surface area contributed by atoms with Gasteiger partial charge >= 0.3 is 6.03 Å². The Morgan fingerprint density at radius 1 is 1.03 bits per heavy atom. The number of nitrogens with zero attached hydrogens (tertiary/aromatic N) is 3. The highest BCUT2D eigenvalue weighted by molar-refractivity contribution is 7.90. The molecule has 3 aliphatic rings. The molecule has 0 spiro atoms. The number of hydrogen-bond acceptors (Lipinski definition) is 8. The van der Waals surface area contributed by atoms with Gasteiger partial charge in [0.1, 0.15) is 16.3 Å². The molecule has 32 heavy (non-hydrogen) atoms. The molecule has 2 aromatic rings. The Morgan fingerprint density at radius 2 is 1.81 bits per heavy atom. The van der Waals surface area contributed by atoms with Gasteiger partial charge in [-0.1, -0.05) is 12.1 Å². The molecule has 1 N–H and O–H groups in total. The highest BCUT2D eigenvalue weighted by atomic mass is 32.2. The average Bonchev–Trinajstić information content (AvgIpc) is 3.28. The number of para-hydroxylation sites is 2. The van der Waals surface area contributed by atoms with Gasteiger partial charge in [0.2, 0.25) is 6.79 Å². The first-order valence-electron chi connectivity index (χ1n) is 10.4. The summed E-state index contributed by atoms with van der Waals surface area (Å²) >= 11 is 0. The quantitative estimate of drug-likeness (QED) is 0.721. The molecule has 11 heteroatoms. The van der Waals surface area contributed by atoms with Crippen LogP contribution >= 0.6 is 0 Å². The van der Waals surface area contributed by atoms with E-state index < -0.39 is 16.1 Å². The van der Waals surface area contributed by atoms with E-state index in [0.29, 0.717) is 12.3 Å². The number of ether oxygens (including phenoxy) is 3. The summed E-state index contributed by atoms with van der Waals surface area (Å²) in [7, 11) is -2.33. The van der Waals surface area contributed by atoms with E-state index in [1.54, 1.807) is 13.2 Å². The molecule has 5 rings (SSSR count). The van der Waals surface area contributed by atoms with E-state index in [1.165, 1.54) is 6.07 Å². The summed E-state index contributed by atoms with van der Waals surface area (Å²) in [4.78, 5) is 17.1. The second-order valence-corrected chi connectivity index (χ2v) is 9.51. The van der Waals surface area contributed by atoms with Crippen LogP contribution in [0, 0.1) is 0 Å². The molecular formula is C21H24N4O6S. The minimum absolute atomic E-state index is 0.00769. The number of benzene rings is 2. The van der Waals surface area contributed by atoms with Gasteiger partial charge < -0.3 is 24.4 Å². The van der Waals surface area contributed by atoms with E-state index in [1.807, 2.05) is 24.3 Å². The molecule has 1 fully saturated rings. The van der Waals surface area contributed by atoms with Gasteiger partial charge in [0.25, 0.3) is 10.0 Å². The molecule has 10 nitrogen and oxygen atoms in total. The van der Waals surface area contributed by atoms with E-state index in [4.69, 9.17) is 14.2 Å². The first-order chi connectivity index (χ1) is 15.5. The maximum absolute atomic E-state index is 13.1. The van der Waals surface area contributed by atoms with Crippen molar-refractivity contribution in [2.24, 2.45) is 0 Å². The topological polar surface area (TPSA) is 101 Å². The minimum Gasteiger partial charge on any atom is -0.495 e. The number of sulfonamides is 1. The van der Waals surface area contributed by atoms with Gasteiger partial charge in [-0.3, -0.25) is 4.90 Å². The van der Waals surface area contributed by atoms with Crippen molar-refractivity contribution in [1.29, 1.82) is 0 Å². The minimum atomic E-state index is -3.99. The molecule has 170 valence electrons. The molecule has 1 saturated heterocycles. The third kappa shape index (κ3) is 3.47. The second kappa shape index (κ2) is 8.06. The lowest BCUT2D eigenvalue weighted by molar-refractivity contribution is 0.174. The SMILES string of the molecule is COc1ccccc1N1CCN(CCN2C(=O)Nc3c(ccc4c3OCO4)S2(=O)=O)CC1. The van der Waals surface area contributed by atoms with Crippen molar-refractivity contribution in [2.75, 3.05) is 63.4 Å². The fraction of sp³-hybridized carbons (Fsp3) is 0.381. The van der Waals surface area contributed by atoms with Crippen LogP contribution in [0.2, 0.25) is 0 Å². The zero-order valence-electron chi connectivity index (χ0n) is 17.6. The van der Waals surface area contributed by atoms with Gasteiger partial charge in [0.15, 0.2) is 11.5 Å². The molecule has 3 aliphatic heterocycles. The number of hydrogen-bond donors (Lipinski definition) is 1. The zero-order chi connectivity index (χ0) is 22.3. The van der Waals surface area contributed by atoms with Gasteiger partial charge in [-0.15, -0.1) is 0 Å². The highest BCUT2D eigenvalue weighted by Gasteiger charge is 2.40. The Kier molecular flexibility index (Phi) is 5.22. The summed E-state index contributed by atoms with van der Waals surface area (Å²) in [5, 5.41) is 2.66. The number of rotatable bonds is 5. The van der Waals surface area contributed by atoms with Crippen molar-refractivity contribution < 1.29 is 27.4 Å². The first kappa shape index (κ1) is 20.7. The van der Waals surface area contributed by atoms with Gasteiger partial charge in [-0.05, 0) is 24.3 Å². The standard InChI is InChI=1S/C21H24N4O6S/c1-29-16-5-3-2-4-15(16)24-11-8-23(9-12-24)10-13-25-21(26)22-19-18(32(25,27)28)7-6-17-20(19)31-14-30-17/h2-7H,8-14H2,1H3,(H,22,26). The molecule has 0 aliphatic carbocycles. The number of carbonyl (C=O) groups excluding carboxylic acids is 1. The van der Waals surface area contributed by atoms with Crippen LogP contribution in [0.3, 0.4) is 0 Å². The smallest absolute Gasteiger partial charge is 0.335 e. The van der Waals surface area contributed by atoms with Crippen molar-refractivity contribution in [3.05, 3.63) is 36.4 Å². The largest absolute Gasteiger partial charge is 0.495 e. The van der Waals surface area contributed by atoms with Crippen LogP contribution < -0.4 is 24.4 Å². The van der Waals surface area contributed by atoms with Gasteiger partial charge in [-0.25, -0.2) is 17.5 Å². The number of carbonyl (C=O) groups is 1. The van der Waals surface area contributed by atoms with Crippen molar-refractivity contribution in [3.63, 3.8) is 0 Å². The van der Waals surface area contributed by atoms with Crippen LogP contribution in [-0.2, 0) is 10.0 Å². The third-order valence-corrected chi connectivity index (χ3v) is 7.77. The highest BCUT2D eigenvalue weighted by Crippen LogP contribution is 2.45. The first-order valence-corrected chi connectivity index (χ1v) is 11.8. The molecule has 2 aromatic carbocycles. The number of methoxy groups -OCH3 is 1. The maximum Gasteiger partial charge on any atom is 0.335 e. The fourth-order valence-electron chi connectivity index (χ4n) is 4.24. The number of urea groups is 1. The molecule has 0 radical (unpaired) electrons. The molecule has 0 bridgehead atoms. The Labute approximate surface area is 186 Å². The zero-order valence-corrected chi connectivity index (χ0v) is 18.4. The van der Waals surface area contributed by atoms with E-state index in [2.05, 4.69) is 15.1 Å². The van der Waals surface area contributed by atoms with Crippen molar-refractivity contribution in [3.8, 4) is 17.2 Å². The summed E-state index contributed by atoms with van der Waals surface area (Å²) in [6.07, 6.45) is 0. The Balaban J connectivity index is 1.25. The van der Waals surface area contributed by atoms with E-state index in [9.17, 15) is 13.2 Å². The van der Waals surface area contributed by atoms with Crippen LogP contribution in [0.5, 0.6) is 17.2 Å². The van der Waals surface area contributed by atoms with Gasteiger partial charge in [0, 0.05) is 32.7 Å². The number of anilines is 2. The molecule has 3 heterocycles.